The molecule has 1 aliphatic carbocycles. The zero-order valence-corrected chi connectivity index (χ0v) is 20.5. The molecular weight excluding hydrogens is 466 g/mol. The van der Waals surface area contributed by atoms with E-state index in [0.29, 0.717) is 19.4 Å². The summed E-state index contributed by atoms with van der Waals surface area (Å²) in [7, 11) is 1.45. The number of fused-ring (bicyclic) bond motifs is 1. The molecule has 0 radical (unpaired) electrons. The summed E-state index contributed by atoms with van der Waals surface area (Å²) in [5.74, 6) is -2.46. The molecule has 0 unspecified atom stereocenters. The van der Waals surface area contributed by atoms with Crippen LogP contribution in [0.4, 0.5) is 8.78 Å². The van der Waals surface area contributed by atoms with Crippen LogP contribution in [0.2, 0.25) is 0 Å². The van der Waals surface area contributed by atoms with Gasteiger partial charge in [0, 0.05) is 47.6 Å². The van der Waals surface area contributed by atoms with Crippen molar-refractivity contribution in [3.05, 3.63) is 59.6 Å². The molecule has 4 aromatic rings. The number of ether oxygens (including phenoxy) is 1. The van der Waals surface area contributed by atoms with E-state index in [1.165, 1.54) is 7.11 Å². The van der Waals surface area contributed by atoms with Crippen LogP contribution in [-0.2, 0) is 6.54 Å². The fraction of sp³-hybridized carbons (Fsp3) is 0.357. The van der Waals surface area contributed by atoms with Crippen LogP contribution in [0.1, 0.15) is 47.5 Å². The molecule has 5 rings (SSSR count). The van der Waals surface area contributed by atoms with Crippen molar-refractivity contribution in [1.29, 1.82) is 0 Å². The van der Waals surface area contributed by atoms with Crippen molar-refractivity contribution in [3.63, 3.8) is 0 Å². The summed E-state index contributed by atoms with van der Waals surface area (Å²) >= 11 is 0. The largest absolute Gasteiger partial charge is 0.496 e. The number of carbonyl (C=O) groups is 1. The minimum absolute atomic E-state index is 0.0814. The highest BCUT2D eigenvalue weighted by molar-refractivity contribution is 5.99. The molecule has 2 aromatic heterocycles. The molecule has 1 saturated carbocycles. The van der Waals surface area contributed by atoms with Gasteiger partial charge in [0.15, 0.2) is 0 Å². The van der Waals surface area contributed by atoms with Gasteiger partial charge in [-0.2, -0.15) is 0 Å². The first kappa shape index (κ1) is 24.0. The second-order valence-electron chi connectivity index (χ2n) is 9.65. The third kappa shape index (κ3) is 4.36. The average Bonchev–Trinajstić information content (AvgIpc) is 3.38. The predicted molar refractivity (Wildman–Crippen MR) is 133 cm³/mol. The minimum atomic E-state index is -2.57. The Labute approximate surface area is 207 Å². The summed E-state index contributed by atoms with van der Waals surface area (Å²) in [4.78, 5) is 11.6. The molecule has 0 atom stereocenters. The molecular formula is C28H28F2N2O4. The number of aryl methyl sites for hydroxylation is 2. The summed E-state index contributed by atoms with van der Waals surface area (Å²) in [5, 5.41) is 14.5. The van der Waals surface area contributed by atoms with E-state index in [9.17, 15) is 18.7 Å². The number of methoxy groups -OCH3 is 1. The van der Waals surface area contributed by atoms with E-state index < -0.39 is 11.9 Å². The first-order valence-electron chi connectivity index (χ1n) is 12.0. The topological polar surface area (TPSA) is 77.5 Å². The van der Waals surface area contributed by atoms with Crippen LogP contribution in [0, 0.1) is 19.8 Å². The highest BCUT2D eigenvalue weighted by Crippen LogP contribution is 2.40. The Balaban J connectivity index is 1.62. The van der Waals surface area contributed by atoms with Gasteiger partial charge >= 0.3 is 5.97 Å². The van der Waals surface area contributed by atoms with Crippen molar-refractivity contribution < 1.29 is 27.9 Å². The van der Waals surface area contributed by atoms with Gasteiger partial charge < -0.3 is 18.9 Å². The van der Waals surface area contributed by atoms with Gasteiger partial charge in [-0.1, -0.05) is 23.4 Å². The smallest absolute Gasteiger partial charge is 0.339 e. The van der Waals surface area contributed by atoms with Gasteiger partial charge in [0.25, 0.3) is 0 Å². The summed E-state index contributed by atoms with van der Waals surface area (Å²) in [6.45, 7) is 4.41. The average molecular weight is 495 g/mol. The highest BCUT2D eigenvalue weighted by atomic mass is 19.3. The molecule has 0 bridgehead atoms. The molecule has 0 amide bonds. The summed E-state index contributed by atoms with van der Waals surface area (Å²) in [6.07, 6.45) is 2.83. The summed E-state index contributed by atoms with van der Waals surface area (Å²) in [6, 6.07) is 11.2. The maximum atomic E-state index is 13.8. The number of benzene rings is 2. The second-order valence-corrected chi connectivity index (χ2v) is 9.65. The lowest BCUT2D eigenvalue weighted by molar-refractivity contribution is -0.0472. The summed E-state index contributed by atoms with van der Waals surface area (Å²) in [5.41, 5.74) is 5.52. The van der Waals surface area contributed by atoms with Crippen LogP contribution < -0.4 is 4.74 Å². The number of hydrogen-bond acceptors (Lipinski definition) is 4. The van der Waals surface area contributed by atoms with Crippen molar-refractivity contribution in [2.75, 3.05) is 7.11 Å². The predicted octanol–water partition coefficient (Wildman–Crippen LogP) is 7.11. The van der Waals surface area contributed by atoms with Crippen LogP contribution >= 0.6 is 0 Å². The molecule has 2 heterocycles. The maximum absolute atomic E-state index is 13.8. The van der Waals surface area contributed by atoms with Crippen LogP contribution in [0.5, 0.6) is 5.75 Å². The molecule has 1 aliphatic rings. The van der Waals surface area contributed by atoms with Gasteiger partial charge in [0.2, 0.25) is 5.92 Å². The molecule has 2 aromatic carbocycles. The SMILES string of the molecule is COc1cc(-c2cn(CC3CCC(F)(F)CC3)c3cc(-c4c(C)noc4C)ccc23)ccc1C(=O)O. The van der Waals surface area contributed by atoms with Crippen LogP contribution in [-0.4, -0.2) is 33.8 Å². The second kappa shape index (κ2) is 9.08. The maximum Gasteiger partial charge on any atom is 0.339 e. The van der Waals surface area contributed by atoms with E-state index in [4.69, 9.17) is 9.26 Å². The number of rotatable bonds is 6. The normalized spacial score (nSPS) is 15.9. The van der Waals surface area contributed by atoms with Crippen LogP contribution in [0.25, 0.3) is 33.2 Å². The van der Waals surface area contributed by atoms with E-state index in [-0.39, 0.29) is 30.1 Å². The van der Waals surface area contributed by atoms with Gasteiger partial charge in [0.1, 0.15) is 17.1 Å². The fourth-order valence-corrected chi connectivity index (χ4v) is 5.32. The lowest BCUT2D eigenvalue weighted by Gasteiger charge is -2.28. The Morgan fingerprint density at radius 1 is 1.17 bits per heavy atom. The third-order valence-electron chi connectivity index (χ3n) is 7.24. The molecule has 1 N–H and O–H groups in total. The van der Waals surface area contributed by atoms with Crippen LogP contribution in [0.15, 0.2) is 47.1 Å². The first-order valence-corrected chi connectivity index (χ1v) is 12.0. The number of hydrogen-bond donors (Lipinski definition) is 1. The molecule has 0 spiro atoms. The third-order valence-corrected chi connectivity index (χ3v) is 7.24. The zero-order chi connectivity index (χ0) is 25.6. The van der Waals surface area contributed by atoms with Gasteiger partial charge in [-0.3, -0.25) is 0 Å². The summed E-state index contributed by atoms with van der Waals surface area (Å²) < 4.78 is 40.4. The fourth-order valence-electron chi connectivity index (χ4n) is 5.32. The Hall–Kier alpha value is -3.68. The van der Waals surface area contributed by atoms with Gasteiger partial charge in [-0.25, -0.2) is 13.6 Å². The molecule has 188 valence electrons. The van der Waals surface area contributed by atoms with E-state index >= 15 is 0 Å². The van der Waals surface area contributed by atoms with Crippen molar-refractivity contribution in [2.24, 2.45) is 5.92 Å². The Bertz CT molecular complexity index is 1420. The number of aromatic carboxylic acids is 1. The molecule has 0 saturated heterocycles. The number of alkyl halides is 2. The number of aromatic nitrogens is 2. The highest BCUT2D eigenvalue weighted by Gasteiger charge is 2.35. The van der Waals surface area contributed by atoms with Gasteiger partial charge in [-0.05, 0) is 61.9 Å². The van der Waals surface area contributed by atoms with Crippen molar-refractivity contribution >= 4 is 16.9 Å². The van der Waals surface area contributed by atoms with Crippen LogP contribution in [0.3, 0.4) is 0 Å². The molecule has 8 heteroatoms. The lowest BCUT2D eigenvalue weighted by Crippen LogP contribution is -2.26. The van der Waals surface area contributed by atoms with E-state index in [2.05, 4.69) is 15.8 Å². The lowest BCUT2D eigenvalue weighted by atomic mass is 9.87. The zero-order valence-electron chi connectivity index (χ0n) is 20.5. The monoisotopic (exact) mass is 494 g/mol. The standard InChI is InChI=1S/C28H28F2N2O4/c1-16-26(17(2)36-31-16)20-5-6-21-23(19-4-7-22(27(33)34)25(13-19)35-3)15-32(24(21)12-20)14-18-8-10-28(29,30)11-9-18/h4-7,12-13,15,18H,8-11,14H2,1-3H3,(H,33,34). The Kier molecular flexibility index (Phi) is 6.06. The number of halogens is 2. The molecule has 0 aliphatic heterocycles. The van der Waals surface area contributed by atoms with Crippen molar-refractivity contribution in [1.82, 2.24) is 9.72 Å². The number of carboxylic acid groups (broad SMARTS) is 1. The van der Waals surface area contributed by atoms with E-state index in [1.54, 1.807) is 18.2 Å². The quantitative estimate of drug-likeness (QED) is 0.309. The number of carboxylic acids is 1. The molecule has 6 nitrogen and oxygen atoms in total. The molecule has 1 fully saturated rings. The van der Waals surface area contributed by atoms with E-state index in [0.717, 1.165) is 44.6 Å². The Morgan fingerprint density at radius 3 is 2.53 bits per heavy atom. The first-order chi connectivity index (χ1) is 17.2. The molecule has 36 heavy (non-hydrogen) atoms. The Morgan fingerprint density at radius 2 is 1.89 bits per heavy atom. The van der Waals surface area contributed by atoms with Crippen molar-refractivity contribution in [2.45, 2.75) is 52.0 Å². The van der Waals surface area contributed by atoms with Gasteiger partial charge in [-0.15, -0.1) is 0 Å². The number of nitrogens with zero attached hydrogens (tertiary/aromatic N) is 2. The van der Waals surface area contributed by atoms with E-state index in [1.807, 2.05) is 32.2 Å². The van der Waals surface area contributed by atoms with Gasteiger partial charge in [0.05, 0.1) is 12.8 Å². The van der Waals surface area contributed by atoms with Crippen molar-refractivity contribution in [3.8, 4) is 28.0 Å². The minimum Gasteiger partial charge on any atom is -0.496 e.